The van der Waals surface area contributed by atoms with Crippen LogP contribution >= 0.6 is 0 Å². The zero-order valence-corrected chi connectivity index (χ0v) is 17.2. The quantitative estimate of drug-likeness (QED) is 0.343. The fourth-order valence-electron chi connectivity index (χ4n) is 4.37. The summed E-state index contributed by atoms with van der Waals surface area (Å²) in [6.07, 6.45) is 4.97. The largest absolute Gasteiger partial charge is 0.434 e. The average Bonchev–Trinajstić information content (AvgIpc) is 3.48. The standard InChI is InChI=1S/C24H20N4O4/c29-23(24(13-1-2-14-24)17-7-11-19(12-8-17)28(30)31)26-18-9-5-16(6-10-18)22-27-21-20(32-22)4-3-15-25-21/h3-12,15H,1-2,13-14H2,(H,26,29). The fraction of sp³-hybridized carbons (Fsp3) is 0.208. The maximum absolute atomic E-state index is 13.3. The number of pyridine rings is 1. The Labute approximate surface area is 183 Å². The summed E-state index contributed by atoms with van der Waals surface area (Å²) in [6.45, 7) is 0. The molecule has 0 unspecified atom stereocenters. The normalized spacial score (nSPS) is 15.0. The topological polar surface area (TPSA) is 111 Å². The molecule has 1 aliphatic rings. The molecule has 0 saturated heterocycles. The van der Waals surface area contributed by atoms with Gasteiger partial charge in [-0.2, -0.15) is 4.98 Å². The number of benzene rings is 2. The second kappa shape index (κ2) is 7.88. The lowest BCUT2D eigenvalue weighted by Gasteiger charge is -2.28. The van der Waals surface area contributed by atoms with Crippen LogP contribution in [0.4, 0.5) is 11.4 Å². The van der Waals surface area contributed by atoms with E-state index in [4.69, 9.17) is 4.42 Å². The number of rotatable bonds is 5. The summed E-state index contributed by atoms with van der Waals surface area (Å²) >= 11 is 0. The van der Waals surface area contributed by atoms with Gasteiger partial charge in [-0.1, -0.05) is 25.0 Å². The number of hydrogen-bond acceptors (Lipinski definition) is 6. The third kappa shape index (κ3) is 3.49. The number of nitrogens with zero attached hydrogens (tertiary/aromatic N) is 3. The molecular formula is C24H20N4O4. The van der Waals surface area contributed by atoms with Gasteiger partial charge in [-0.15, -0.1) is 0 Å². The van der Waals surface area contributed by atoms with Crippen molar-refractivity contribution < 1.29 is 14.1 Å². The minimum atomic E-state index is -0.681. The summed E-state index contributed by atoms with van der Waals surface area (Å²) in [5.74, 6) is 0.373. The van der Waals surface area contributed by atoms with Gasteiger partial charge >= 0.3 is 0 Å². The molecule has 0 aliphatic heterocycles. The number of nitro benzene ring substituents is 1. The van der Waals surface area contributed by atoms with E-state index in [0.717, 1.165) is 24.0 Å². The van der Waals surface area contributed by atoms with Crippen molar-refractivity contribution in [1.29, 1.82) is 0 Å². The molecule has 0 spiro atoms. The number of nitro groups is 1. The molecule has 8 heteroatoms. The van der Waals surface area contributed by atoms with Gasteiger partial charge in [-0.05, 0) is 54.8 Å². The number of nitrogens with one attached hydrogen (secondary N) is 1. The molecule has 1 aliphatic carbocycles. The van der Waals surface area contributed by atoms with Crippen molar-refractivity contribution in [2.45, 2.75) is 31.1 Å². The number of oxazole rings is 1. The third-order valence-electron chi connectivity index (χ3n) is 6.08. The zero-order chi connectivity index (χ0) is 22.1. The number of non-ortho nitro benzene ring substituents is 1. The summed E-state index contributed by atoms with van der Waals surface area (Å²) in [5, 5.41) is 14.0. The molecule has 32 heavy (non-hydrogen) atoms. The Morgan fingerprint density at radius 3 is 2.41 bits per heavy atom. The molecule has 1 N–H and O–H groups in total. The van der Waals surface area contributed by atoms with E-state index in [1.807, 2.05) is 30.3 Å². The zero-order valence-electron chi connectivity index (χ0n) is 17.2. The number of carbonyl (C=O) groups excluding carboxylic acids is 1. The molecule has 0 bridgehead atoms. The van der Waals surface area contributed by atoms with E-state index in [1.165, 1.54) is 12.1 Å². The predicted octanol–water partition coefficient (Wildman–Crippen LogP) is 5.25. The van der Waals surface area contributed by atoms with E-state index < -0.39 is 10.3 Å². The summed E-state index contributed by atoms with van der Waals surface area (Å²) < 4.78 is 5.75. The van der Waals surface area contributed by atoms with Gasteiger partial charge in [0, 0.05) is 29.6 Å². The number of fused-ring (bicyclic) bond motifs is 1. The minimum Gasteiger partial charge on any atom is -0.434 e. The molecule has 160 valence electrons. The van der Waals surface area contributed by atoms with Gasteiger partial charge in [0.25, 0.3) is 5.69 Å². The molecule has 2 aromatic heterocycles. The molecular weight excluding hydrogens is 408 g/mol. The van der Waals surface area contributed by atoms with Crippen LogP contribution in [-0.4, -0.2) is 20.8 Å². The van der Waals surface area contributed by atoms with Crippen LogP contribution in [0, 0.1) is 10.1 Å². The highest BCUT2D eigenvalue weighted by molar-refractivity contribution is 5.99. The van der Waals surface area contributed by atoms with Crippen molar-refractivity contribution in [3.8, 4) is 11.5 Å². The smallest absolute Gasteiger partial charge is 0.269 e. The van der Waals surface area contributed by atoms with Crippen molar-refractivity contribution in [3.05, 3.63) is 82.5 Å². The summed E-state index contributed by atoms with van der Waals surface area (Å²) in [6, 6.07) is 17.2. The van der Waals surface area contributed by atoms with Gasteiger partial charge < -0.3 is 9.73 Å². The molecule has 0 atom stereocenters. The Balaban J connectivity index is 1.37. The van der Waals surface area contributed by atoms with Gasteiger partial charge in [0.05, 0.1) is 10.3 Å². The van der Waals surface area contributed by atoms with Gasteiger partial charge in [0.1, 0.15) is 0 Å². The predicted molar refractivity (Wildman–Crippen MR) is 119 cm³/mol. The molecule has 1 saturated carbocycles. The minimum absolute atomic E-state index is 0.0206. The van der Waals surface area contributed by atoms with E-state index in [9.17, 15) is 14.9 Å². The van der Waals surface area contributed by atoms with Crippen LogP contribution in [0.1, 0.15) is 31.2 Å². The van der Waals surface area contributed by atoms with Gasteiger partial charge in [0.2, 0.25) is 11.8 Å². The second-order valence-electron chi connectivity index (χ2n) is 7.97. The fourth-order valence-corrected chi connectivity index (χ4v) is 4.37. The Bertz CT molecular complexity index is 1260. The lowest BCUT2D eigenvalue weighted by Crippen LogP contribution is -2.37. The van der Waals surface area contributed by atoms with Crippen molar-refractivity contribution in [2.75, 3.05) is 5.32 Å². The molecule has 4 aromatic rings. The molecule has 2 heterocycles. The first-order valence-electron chi connectivity index (χ1n) is 10.4. The number of hydrogen-bond donors (Lipinski definition) is 1. The average molecular weight is 428 g/mol. The number of carbonyl (C=O) groups is 1. The van der Waals surface area contributed by atoms with Crippen LogP contribution in [0.15, 0.2) is 71.3 Å². The Kier molecular flexibility index (Phi) is 4.89. The monoisotopic (exact) mass is 428 g/mol. The maximum atomic E-state index is 13.3. The Morgan fingerprint density at radius 2 is 1.75 bits per heavy atom. The van der Waals surface area contributed by atoms with Crippen molar-refractivity contribution in [2.24, 2.45) is 0 Å². The number of amides is 1. The van der Waals surface area contributed by atoms with Gasteiger partial charge in [0.15, 0.2) is 11.2 Å². The Hall–Kier alpha value is -4.07. The SMILES string of the molecule is O=C(Nc1ccc(-c2nc3ncccc3o2)cc1)C1(c2ccc([N+](=O)[O-])cc2)CCCC1. The molecule has 5 rings (SSSR count). The lowest BCUT2D eigenvalue weighted by atomic mass is 9.78. The lowest BCUT2D eigenvalue weighted by molar-refractivity contribution is -0.384. The van der Waals surface area contributed by atoms with E-state index in [2.05, 4.69) is 15.3 Å². The first kappa shape index (κ1) is 19.9. The van der Waals surface area contributed by atoms with Gasteiger partial charge in [-0.3, -0.25) is 14.9 Å². The van der Waals surface area contributed by atoms with Crippen LogP contribution in [0.5, 0.6) is 0 Å². The van der Waals surface area contributed by atoms with Crippen LogP contribution < -0.4 is 5.32 Å². The molecule has 2 aromatic carbocycles. The molecule has 1 amide bonds. The van der Waals surface area contributed by atoms with E-state index >= 15 is 0 Å². The second-order valence-corrected chi connectivity index (χ2v) is 7.97. The van der Waals surface area contributed by atoms with Crippen molar-refractivity contribution in [1.82, 2.24) is 9.97 Å². The summed E-state index contributed by atoms with van der Waals surface area (Å²) in [5.41, 5.74) is 2.77. The summed E-state index contributed by atoms with van der Waals surface area (Å²) in [4.78, 5) is 32.5. The molecule has 8 nitrogen and oxygen atoms in total. The number of anilines is 1. The third-order valence-corrected chi connectivity index (χ3v) is 6.08. The highest BCUT2D eigenvalue weighted by Gasteiger charge is 2.42. The first-order valence-corrected chi connectivity index (χ1v) is 10.4. The van der Waals surface area contributed by atoms with Crippen molar-refractivity contribution >= 4 is 28.5 Å². The maximum Gasteiger partial charge on any atom is 0.269 e. The highest BCUT2D eigenvalue weighted by Crippen LogP contribution is 2.42. The van der Waals surface area contributed by atoms with Crippen molar-refractivity contribution in [3.63, 3.8) is 0 Å². The van der Waals surface area contributed by atoms with Crippen LogP contribution in [0.3, 0.4) is 0 Å². The van der Waals surface area contributed by atoms with Gasteiger partial charge in [-0.25, -0.2) is 4.98 Å². The van der Waals surface area contributed by atoms with E-state index in [-0.39, 0.29) is 11.6 Å². The molecule has 1 fully saturated rings. The van der Waals surface area contributed by atoms with Crippen LogP contribution in [-0.2, 0) is 10.2 Å². The first-order chi connectivity index (χ1) is 15.5. The van der Waals surface area contributed by atoms with E-state index in [1.54, 1.807) is 24.4 Å². The number of aromatic nitrogens is 2. The summed E-state index contributed by atoms with van der Waals surface area (Å²) in [7, 11) is 0. The van der Waals surface area contributed by atoms with Crippen LogP contribution in [0.2, 0.25) is 0 Å². The Morgan fingerprint density at radius 1 is 1.03 bits per heavy atom. The highest BCUT2D eigenvalue weighted by atomic mass is 16.6. The van der Waals surface area contributed by atoms with E-state index in [0.29, 0.717) is 35.6 Å². The molecule has 0 radical (unpaired) electrons. The van der Waals surface area contributed by atoms with Crippen LogP contribution in [0.25, 0.3) is 22.7 Å².